The minimum Gasteiger partial charge on any atom is -0.384 e. The second kappa shape index (κ2) is 10.1. The van der Waals surface area contributed by atoms with Gasteiger partial charge in [0.15, 0.2) is 6.29 Å². The summed E-state index contributed by atoms with van der Waals surface area (Å²) in [5, 5.41) is 10.3. The van der Waals surface area contributed by atoms with E-state index in [1.807, 2.05) is 0 Å². The van der Waals surface area contributed by atoms with Crippen LogP contribution >= 0.6 is 11.8 Å². The van der Waals surface area contributed by atoms with Crippen LogP contribution in [0, 0.1) is 11.6 Å². The SMILES string of the molecule is C/C(=C\c1ccc(C(F)(F)F)cc1)C1OCC(S[C@H](C)[C@](C)(O)c2ccc(F)cc2F)CO1. The Bertz CT molecular complexity index is 981. The van der Waals surface area contributed by atoms with Crippen LogP contribution in [0.2, 0.25) is 0 Å². The normalized spacial score (nSPS) is 22.6. The summed E-state index contributed by atoms with van der Waals surface area (Å²) in [6, 6.07) is 7.88. The molecule has 1 aliphatic heterocycles. The summed E-state index contributed by atoms with van der Waals surface area (Å²) >= 11 is 1.37. The van der Waals surface area contributed by atoms with E-state index in [1.54, 1.807) is 19.9 Å². The zero-order valence-electron chi connectivity index (χ0n) is 18.3. The molecule has 3 rings (SSSR count). The molecular formula is C24H25F5O3S. The smallest absolute Gasteiger partial charge is 0.384 e. The Kier molecular flexibility index (Phi) is 7.88. The Hall–Kier alpha value is -1.94. The van der Waals surface area contributed by atoms with Gasteiger partial charge in [0.2, 0.25) is 0 Å². The Labute approximate surface area is 193 Å². The van der Waals surface area contributed by atoms with Crippen molar-refractivity contribution in [3.05, 3.63) is 76.4 Å². The molecule has 0 aromatic heterocycles. The predicted molar refractivity (Wildman–Crippen MR) is 118 cm³/mol. The van der Waals surface area contributed by atoms with Gasteiger partial charge in [-0.15, -0.1) is 11.8 Å². The lowest BCUT2D eigenvalue weighted by Gasteiger charge is -2.36. The molecule has 2 aromatic carbocycles. The first-order valence-corrected chi connectivity index (χ1v) is 11.2. The molecule has 2 aromatic rings. The summed E-state index contributed by atoms with van der Waals surface area (Å²) in [6.45, 7) is 5.60. The number of hydrogen-bond donors (Lipinski definition) is 1. The third kappa shape index (κ3) is 6.35. The summed E-state index contributed by atoms with van der Waals surface area (Å²) < 4.78 is 77.0. The molecule has 33 heavy (non-hydrogen) atoms. The molecule has 0 radical (unpaired) electrons. The second-order valence-corrected chi connectivity index (χ2v) is 9.82. The summed E-state index contributed by atoms with van der Waals surface area (Å²) in [4.78, 5) is 0. The van der Waals surface area contributed by atoms with Crippen molar-refractivity contribution in [1.82, 2.24) is 0 Å². The Morgan fingerprint density at radius 1 is 1.09 bits per heavy atom. The number of alkyl halides is 3. The van der Waals surface area contributed by atoms with Crippen LogP contribution in [0.1, 0.15) is 37.5 Å². The first-order chi connectivity index (χ1) is 15.4. The molecule has 2 atom stereocenters. The van der Waals surface area contributed by atoms with Crippen LogP contribution in [0.25, 0.3) is 6.08 Å². The maximum Gasteiger partial charge on any atom is 0.416 e. The van der Waals surface area contributed by atoms with Crippen molar-refractivity contribution in [2.75, 3.05) is 13.2 Å². The number of aliphatic hydroxyl groups is 1. The molecule has 1 saturated heterocycles. The fourth-order valence-electron chi connectivity index (χ4n) is 3.47. The maximum absolute atomic E-state index is 14.2. The molecule has 1 aliphatic rings. The van der Waals surface area contributed by atoms with E-state index in [0.29, 0.717) is 24.4 Å². The number of halogens is 5. The molecule has 0 unspecified atom stereocenters. The van der Waals surface area contributed by atoms with Crippen LogP contribution in [-0.4, -0.2) is 35.1 Å². The van der Waals surface area contributed by atoms with Gasteiger partial charge in [-0.3, -0.25) is 0 Å². The van der Waals surface area contributed by atoms with E-state index in [9.17, 15) is 27.1 Å². The summed E-state index contributed by atoms with van der Waals surface area (Å²) in [5.41, 5.74) is -0.957. The van der Waals surface area contributed by atoms with Gasteiger partial charge in [0.25, 0.3) is 0 Å². The average molecular weight is 489 g/mol. The van der Waals surface area contributed by atoms with Gasteiger partial charge in [-0.2, -0.15) is 13.2 Å². The lowest BCUT2D eigenvalue weighted by Crippen LogP contribution is -2.39. The van der Waals surface area contributed by atoms with Crippen LogP contribution in [0.15, 0.2) is 48.0 Å². The van der Waals surface area contributed by atoms with Crippen molar-refractivity contribution in [3.63, 3.8) is 0 Å². The fraction of sp³-hybridized carbons (Fsp3) is 0.417. The van der Waals surface area contributed by atoms with E-state index in [1.165, 1.54) is 36.9 Å². The molecule has 3 nitrogen and oxygen atoms in total. The van der Waals surface area contributed by atoms with E-state index in [4.69, 9.17) is 9.47 Å². The van der Waals surface area contributed by atoms with E-state index in [-0.39, 0.29) is 10.8 Å². The minimum atomic E-state index is -4.39. The predicted octanol–water partition coefficient (Wildman–Crippen LogP) is 6.16. The van der Waals surface area contributed by atoms with Gasteiger partial charge in [-0.1, -0.05) is 31.2 Å². The van der Waals surface area contributed by atoms with Crippen molar-refractivity contribution < 1.29 is 36.5 Å². The van der Waals surface area contributed by atoms with Crippen molar-refractivity contribution in [1.29, 1.82) is 0 Å². The van der Waals surface area contributed by atoms with E-state index < -0.39 is 40.5 Å². The third-order valence-corrected chi connectivity index (χ3v) is 7.06. The monoisotopic (exact) mass is 488 g/mol. The number of thioether (sulfide) groups is 1. The second-order valence-electron chi connectivity index (χ2n) is 8.18. The summed E-state index contributed by atoms with van der Waals surface area (Å²) in [5.74, 6) is -1.53. The number of ether oxygens (including phenoxy) is 2. The van der Waals surface area contributed by atoms with Crippen molar-refractivity contribution >= 4 is 17.8 Å². The molecule has 1 heterocycles. The average Bonchev–Trinajstić information content (AvgIpc) is 2.73. The molecular weight excluding hydrogens is 463 g/mol. The van der Waals surface area contributed by atoms with Crippen LogP contribution < -0.4 is 0 Å². The van der Waals surface area contributed by atoms with Crippen molar-refractivity contribution in [3.8, 4) is 0 Å². The molecule has 1 fully saturated rings. The molecule has 9 heteroatoms. The quantitative estimate of drug-likeness (QED) is 0.495. The number of rotatable bonds is 6. The molecule has 0 amide bonds. The van der Waals surface area contributed by atoms with Crippen LogP contribution in [0.5, 0.6) is 0 Å². The minimum absolute atomic E-state index is 0.00902. The maximum atomic E-state index is 14.2. The van der Waals surface area contributed by atoms with Crippen LogP contribution in [0.4, 0.5) is 22.0 Å². The third-order valence-electron chi connectivity index (χ3n) is 5.54. The number of benzene rings is 2. The zero-order valence-corrected chi connectivity index (χ0v) is 19.1. The molecule has 0 spiro atoms. The highest BCUT2D eigenvalue weighted by molar-refractivity contribution is 8.00. The Morgan fingerprint density at radius 3 is 2.24 bits per heavy atom. The van der Waals surface area contributed by atoms with Gasteiger partial charge in [0, 0.05) is 16.9 Å². The standard InChI is InChI=1S/C24H25F5O3S/c1-14(10-16-4-6-17(7-5-16)24(27,28)29)22-31-12-19(13-32-22)33-15(2)23(3,30)20-9-8-18(25)11-21(20)26/h4-11,15,19,22,30H,12-13H2,1-3H3/b14-10+/t15-,19?,22?,23+/m1/s1. The van der Waals surface area contributed by atoms with Gasteiger partial charge < -0.3 is 14.6 Å². The van der Waals surface area contributed by atoms with Gasteiger partial charge in [0.1, 0.15) is 17.2 Å². The highest BCUT2D eigenvalue weighted by atomic mass is 32.2. The topological polar surface area (TPSA) is 38.7 Å². The molecule has 0 saturated carbocycles. The summed E-state index contributed by atoms with van der Waals surface area (Å²) in [6.07, 6.45) is -3.33. The van der Waals surface area contributed by atoms with Gasteiger partial charge in [0.05, 0.1) is 24.0 Å². The van der Waals surface area contributed by atoms with Gasteiger partial charge >= 0.3 is 6.18 Å². The Morgan fingerprint density at radius 2 is 1.70 bits per heavy atom. The number of hydrogen-bond acceptors (Lipinski definition) is 4. The summed E-state index contributed by atoms with van der Waals surface area (Å²) in [7, 11) is 0. The molecule has 0 bridgehead atoms. The first-order valence-electron chi connectivity index (χ1n) is 10.3. The van der Waals surface area contributed by atoms with Gasteiger partial charge in [-0.25, -0.2) is 8.78 Å². The highest BCUT2D eigenvalue weighted by Crippen LogP contribution is 2.37. The van der Waals surface area contributed by atoms with E-state index >= 15 is 0 Å². The van der Waals surface area contributed by atoms with Gasteiger partial charge in [-0.05, 0) is 43.2 Å². The Balaban J connectivity index is 1.57. The fourth-order valence-corrected chi connectivity index (χ4v) is 4.75. The van der Waals surface area contributed by atoms with Crippen LogP contribution in [0.3, 0.4) is 0 Å². The lowest BCUT2D eigenvalue weighted by atomic mass is 9.92. The van der Waals surface area contributed by atoms with Crippen molar-refractivity contribution in [2.24, 2.45) is 0 Å². The highest BCUT2D eigenvalue weighted by Gasteiger charge is 2.36. The van der Waals surface area contributed by atoms with Crippen LogP contribution in [-0.2, 0) is 21.3 Å². The molecule has 1 N–H and O–H groups in total. The largest absolute Gasteiger partial charge is 0.416 e. The molecule has 0 aliphatic carbocycles. The lowest BCUT2D eigenvalue weighted by molar-refractivity contribution is -0.152. The van der Waals surface area contributed by atoms with Crippen molar-refractivity contribution in [2.45, 2.75) is 49.3 Å². The molecule has 180 valence electrons. The first kappa shape index (κ1) is 25.7. The van der Waals surface area contributed by atoms with E-state index in [2.05, 4.69) is 0 Å². The van der Waals surface area contributed by atoms with E-state index in [0.717, 1.165) is 24.3 Å². The zero-order chi connectivity index (χ0) is 24.4.